The molecule has 3 nitrogen and oxygen atoms in total. The van der Waals surface area contributed by atoms with Gasteiger partial charge in [-0.2, -0.15) is 0 Å². The first-order valence-corrected chi connectivity index (χ1v) is 7.62. The summed E-state index contributed by atoms with van der Waals surface area (Å²) < 4.78 is 33.2. The maximum Gasteiger partial charge on any atom is 0.190 e. The van der Waals surface area contributed by atoms with Crippen molar-refractivity contribution in [3.8, 4) is 5.75 Å². The number of aliphatic hydroxyl groups is 1. The molecule has 0 amide bonds. The second kappa shape index (κ2) is 5.89. The van der Waals surface area contributed by atoms with Crippen LogP contribution in [0.3, 0.4) is 0 Å². The van der Waals surface area contributed by atoms with Crippen LogP contribution in [0.2, 0.25) is 0 Å². The topological polar surface area (TPSA) is 41.5 Å². The van der Waals surface area contributed by atoms with Crippen LogP contribution in [0.15, 0.2) is 12.1 Å². The number of benzene rings is 1. The van der Waals surface area contributed by atoms with Crippen LogP contribution in [-0.2, 0) is 6.54 Å². The van der Waals surface area contributed by atoms with E-state index in [4.69, 9.17) is 4.74 Å². The van der Waals surface area contributed by atoms with Gasteiger partial charge in [-0.25, -0.2) is 8.78 Å². The molecule has 5 heteroatoms. The summed E-state index contributed by atoms with van der Waals surface area (Å²) in [6.07, 6.45) is 5.36. The van der Waals surface area contributed by atoms with E-state index in [9.17, 15) is 13.9 Å². The largest absolute Gasteiger partial charge is 0.485 e. The minimum absolute atomic E-state index is 0.0550. The third kappa shape index (κ3) is 3.71. The molecular weight excluding hydrogens is 276 g/mol. The third-order valence-electron chi connectivity index (χ3n) is 4.25. The minimum Gasteiger partial charge on any atom is -0.485 e. The van der Waals surface area contributed by atoms with Crippen LogP contribution in [0.1, 0.15) is 44.1 Å². The van der Waals surface area contributed by atoms with Crippen molar-refractivity contribution in [1.82, 2.24) is 5.32 Å². The van der Waals surface area contributed by atoms with Crippen molar-refractivity contribution in [2.24, 2.45) is 0 Å². The Morgan fingerprint density at radius 3 is 2.38 bits per heavy atom. The van der Waals surface area contributed by atoms with Gasteiger partial charge in [-0.05, 0) is 43.4 Å². The van der Waals surface area contributed by atoms with Crippen molar-refractivity contribution in [3.63, 3.8) is 0 Å². The molecule has 0 radical (unpaired) electrons. The number of hydrogen-bond donors (Lipinski definition) is 2. The number of nitrogens with one attached hydrogen (secondary N) is 1. The molecule has 0 atom stereocenters. The zero-order valence-electron chi connectivity index (χ0n) is 12.0. The van der Waals surface area contributed by atoms with E-state index in [1.165, 1.54) is 12.1 Å². The van der Waals surface area contributed by atoms with Crippen LogP contribution >= 0.6 is 0 Å². The fraction of sp³-hybridized carbons (Fsp3) is 0.625. The fourth-order valence-electron chi connectivity index (χ4n) is 2.79. The van der Waals surface area contributed by atoms with Gasteiger partial charge in [0.1, 0.15) is 6.61 Å². The maximum atomic E-state index is 14.0. The van der Waals surface area contributed by atoms with Gasteiger partial charge in [0.15, 0.2) is 17.4 Å². The fourth-order valence-corrected chi connectivity index (χ4v) is 2.79. The van der Waals surface area contributed by atoms with Crippen LogP contribution in [0, 0.1) is 11.6 Å². The van der Waals surface area contributed by atoms with E-state index in [0.717, 1.165) is 25.7 Å². The Bertz CT molecular complexity index is 488. The molecule has 0 spiro atoms. The van der Waals surface area contributed by atoms with Crippen LogP contribution in [-0.4, -0.2) is 23.4 Å². The molecule has 21 heavy (non-hydrogen) atoms. The summed E-state index contributed by atoms with van der Waals surface area (Å²) in [6.45, 7) is 0.406. The summed E-state index contributed by atoms with van der Waals surface area (Å²) in [4.78, 5) is 0. The molecule has 2 saturated carbocycles. The number of hydrogen-bond acceptors (Lipinski definition) is 3. The van der Waals surface area contributed by atoms with E-state index < -0.39 is 17.2 Å². The second-order valence-electron chi connectivity index (χ2n) is 6.26. The Hall–Kier alpha value is -1.20. The van der Waals surface area contributed by atoms with Gasteiger partial charge in [0.05, 0.1) is 5.60 Å². The zero-order chi connectivity index (χ0) is 14.9. The van der Waals surface area contributed by atoms with Crippen LogP contribution < -0.4 is 10.1 Å². The summed E-state index contributed by atoms with van der Waals surface area (Å²) >= 11 is 0. The zero-order valence-corrected chi connectivity index (χ0v) is 12.0. The molecule has 116 valence electrons. The van der Waals surface area contributed by atoms with Crippen molar-refractivity contribution in [2.75, 3.05) is 6.61 Å². The minimum atomic E-state index is -0.939. The molecular formula is C16H21F2NO2. The first-order chi connectivity index (χ1) is 10.1. The normalized spacial score (nSPS) is 20.7. The summed E-state index contributed by atoms with van der Waals surface area (Å²) in [5, 5.41) is 13.4. The van der Waals surface area contributed by atoms with Gasteiger partial charge in [0, 0.05) is 12.6 Å². The molecule has 0 aliphatic heterocycles. The SMILES string of the molecule is OC1(COc2c(F)cc(CNC3CC3)cc2F)CCCC1. The molecule has 1 aromatic rings. The van der Waals surface area contributed by atoms with E-state index in [1.807, 2.05) is 0 Å². The molecule has 2 aliphatic carbocycles. The average molecular weight is 297 g/mol. The molecule has 0 aromatic heterocycles. The van der Waals surface area contributed by atoms with Gasteiger partial charge in [0.25, 0.3) is 0 Å². The predicted molar refractivity (Wildman–Crippen MR) is 75.1 cm³/mol. The number of rotatable bonds is 6. The van der Waals surface area contributed by atoms with Gasteiger partial charge in [-0.1, -0.05) is 12.8 Å². The molecule has 2 fully saturated rings. The number of halogens is 2. The van der Waals surface area contributed by atoms with Crippen molar-refractivity contribution in [2.45, 2.75) is 56.7 Å². The Kier molecular flexibility index (Phi) is 4.13. The highest BCUT2D eigenvalue weighted by molar-refractivity contribution is 5.31. The van der Waals surface area contributed by atoms with E-state index in [0.29, 0.717) is 31.0 Å². The summed E-state index contributed by atoms with van der Waals surface area (Å²) in [6, 6.07) is 3.09. The molecule has 2 aliphatic rings. The van der Waals surface area contributed by atoms with Crippen LogP contribution in [0.4, 0.5) is 8.78 Å². The van der Waals surface area contributed by atoms with Crippen molar-refractivity contribution < 1.29 is 18.6 Å². The summed E-state index contributed by atoms with van der Waals surface area (Å²) in [7, 11) is 0. The number of ether oxygens (including phenoxy) is 1. The molecule has 0 heterocycles. The highest BCUT2D eigenvalue weighted by Gasteiger charge is 2.32. The molecule has 1 aromatic carbocycles. The highest BCUT2D eigenvalue weighted by Crippen LogP contribution is 2.31. The van der Waals surface area contributed by atoms with Gasteiger partial charge in [-0.3, -0.25) is 0 Å². The smallest absolute Gasteiger partial charge is 0.190 e. The van der Waals surface area contributed by atoms with Gasteiger partial charge in [-0.15, -0.1) is 0 Å². The monoisotopic (exact) mass is 297 g/mol. The molecule has 0 bridgehead atoms. The van der Waals surface area contributed by atoms with E-state index in [1.54, 1.807) is 0 Å². The summed E-state index contributed by atoms with van der Waals surface area (Å²) in [5.74, 6) is -1.79. The van der Waals surface area contributed by atoms with Crippen LogP contribution in [0.25, 0.3) is 0 Å². The second-order valence-corrected chi connectivity index (χ2v) is 6.26. The predicted octanol–water partition coefficient (Wildman–Crippen LogP) is 2.90. The third-order valence-corrected chi connectivity index (χ3v) is 4.25. The Balaban J connectivity index is 1.63. The molecule has 2 N–H and O–H groups in total. The summed E-state index contributed by atoms with van der Waals surface area (Å²) in [5.41, 5.74) is -0.366. The molecule has 0 saturated heterocycles. The highest BCUT2D eigenvalue weighted by atomic mass is 19.1. The quantitative estimate of drug-likeness (QED) is 0.848. The lowest BCUT2D eigenvalue weighted by Crippen LogP contribution is -2.32. The van der Waals surface area contributed by atoms with Crippen LogP contribution in [0.5, 0.6) is 5.75 Å². The van der Waals surface area contributed by atoms with Crippen molar-refractivity contribution in [1.29, 1.82) is 0 Å². The lowest BCUT2D eigenvalue weighted by molar-refractivity contribution is -0.000845. The van der Waals surface area contributed by atoms with Gasteiger partial charge in [0.2, 0.25) is 0 Å². The maximum absolute atomic E-state index is 14.0. The van der Waals surface area contributed by atoms with Gasteiger partial charge < -0.3 is 15.2 Å². The first-order valence-electron chi connectivity index (χ1n) is 7.62. The Labute approximate surface area is 123 Å². The Morgan fingerprint density at radius 2 is 1.81 bits per heavy atom. The van der Waals surface area contributed by atoms with E-state index >= 15 is 0 Å². The van der Waals surface area contributed by atoms with E-state index in [2.05, 4.69) is 5.32 Å². The average Bonchev–Trinajstić information content (AvgIpc) is 3.17. The molecule has 0 unspecified atom stereocenters. The lowest BCUT2D eigenvalue weighted by atomic mass is 10.0. The van der Waals surface area contributed by atoms with Crippen molar-refractivity contribution in [3.05, 3.63) is 29.3 Å². The lowest BCUT2D eigenvalue weighted by Gasteiger charge is -2.22. The van der Waals surface area contributed by atoms with Crippen molar-refractivity contribution >= 4 is 0 Å². The Morgan fingerprint density at radius 1 is 1.19 bits per heavy atom. The van der Waals surface area contributed by atoms with Gasteiger partial charge >= 0.3 is 0 Å². The molecule has 3 rings (SSSR count). The first kappa shape index (κ1) is 14.7. The standard InChI is InChI=1S/C16H21F2NO2/c17-13-7-11(9-19-12-3-4-12)8-14(18)15(13)21-10-16(20)5-1-2-6-16/h7-8,12,19-20H,1-6,9-10H2. The van der Waals surface area contributed by atoms with E-state index in [-0.39, 0.29) is 12.4 Å².